The lowest BCUT2D eigenvalue weighted by molar-refractivity contribution is -0.139. The molecule has 3 atom stereocenters. The molecule has 0 radical (unpaired) electrons. The van der Waals surface area contributed by atoms with Gasteiger partial charge in [-0.2, -0.15) is 0 Å². The molecule has 0 unspecified atom stereocenters. The summed E-state index contributed by atoms with van der Waals surface area (Å²) < 4.78 is 0. The maximum Gasteiger partial charge on any atom is 0.305 e. The predicted octanol–water partition coefficient (Wildman–Crippen LogP) is 1.20. The van der Waals surface area contributed by atoms with Gasteiger partial charge < -0.3 is 21.5 Å². The minimum atomic E-state index is -1.19. The highest BCUT2D eigenvalue weighted by molar-refractivity contribution is 5.91. The highest BCUT2D eigenvalue weighted by Crippen LogP contribution is 2.32. The largest absolute Gasteiger partial charge is 0.481 e. The summed E-state index contributed by atoms with van der Waals surface area (Å²) >= 11 is 0. The number of aliphatic carboxylic acids is 1. The van der Waals surface area contributed by atoms with Crippen LogP contribution in [0.2, 0.25) is 0 Å². The second kappa shape index (κ2) is 8.62. The number of rotatable bonds is 7. The molecule has 0 aliphatic heterocycles. The first-order chi connectivity index (χ1) is 11.5. The molecule has 7 heteroatoms. The molecule has 0 saturated heterocycles. The van der Waals surface area contributed by atoms with Crippen molar-refractivity contribution in [2.45, 2.75) is 52.2 Å². The van der Waals surface area contributed by atoms with E-state index in [0.29, 0.717) is 0 Å². The Labute approximate surface area is 148 Å². The second-order valence-corrected chi connectivity index (χ2v) is 7.15. The Bertz CT molecular complexity index is 610. The van der Waals surface area contributed by atoms with E-state index < -0.39 is 30.4 Å². The fourth-order valence-corrected chi connectivity index (χ4v) is 2.38. The third kappa shape index (κ3) is 6.54. The van der Waals surface area contributed by atoms with Crippen LogP contribution in [0.4, 0.5) is 0 Å². The van der Waals surface area contributed by atoms with Crippen LogP contribution in [-0.2, 0) is 14.4 Å². The molecule has 1 aromatic carbocycles. The molecule has 0 aliphatic rings. The fourth-order valence-electron chi connectivity index (χ4n) is 2.38. The number of carbonyl (C=O) groups excluding carboxylic acids is 2. The van der Waals surface area contributed by atoms with Gasteiger partial charge in [-0.3, -0.25) is 14.4 Å². The number of carbonyl (C=O) groups is 3. The minimum absolute atomic E-state index is 0.236. The molecule has 0 aromatic heterocycles. The molecule has 1 aromatic rings. The van der Waals surface area contributed by atoms with Crippen molar-refractivity contribution in [1.29, 1.82) is 0 Å². The first kappa shape index (κ1) is 20.6. The first-order valence-corrected chi connectivity index (χ1v) is 8.15. The average molecular weight is 349 g/mol. The summed E-state index contributed by atoms with van der Waals surface area (Å²) in [6.45, 7) is 7.57. The van der Waals surface area contributed by atoms with E-state index in [0.717, 1.165) is 5.56 Å². The van der Waals surface area contributed by atoms with Gasteiger partial charge in [-0.15, -0.1) is 0 Å². The number of carboxylic acid groups (broad SMARTS) is 1. The van der Waals surface area contributed by atoms with Crippen molar-refractivity contribution in [3.05, 3.63) is 35.9 Å². The molecule has 5 N–H and O–H groups in total. The Balaban J connectivity index is 2.77. The molecular weight excluding hydrogens is 322 g/mol. The first-order valence-electron chi connectivity index (χ1n) is 8.15. The summed E-state index contributed by atoms with van der Waals surface area (Å²) in [5, 5.41) is 14.1. The zero-order valence-corrected chi connectivity index (χ0v) is 15.1. The molecule has 25 heavy (non-hydrogen) atoms. The van der Waals surface area contributed by atoms with Crippen molar-refractivity contribution < 1.29 is 19.5 Å². The molecule has 0 heterocycles. The smallest absolute Gasteiger partial charge is 0.305 e. The van der Waals surface area contributed by atoms with Crippen LogP contribution < -0.4 is 16.4 Å². The summed E-state index contributed by atoms with van der Waals surface area (Å²) in [6.07, 6.45) is -0.491. The maximum atomic E-state index is 12.5. The molecule has 2 amide bonds. The monoisotopic (exact) mass is 349 g/mol. The van der Waals surface area contributed by atoms with Crippen molar-refractivity contribution in [2.24, 2.45) is 11.1 Å². The van der Waals surface area contributed by atoms with Crippen LogP contribution in [0.5, 0.6) is 0 Å². The van der Waals surface area contributed by atoms with Crippen molar-refractivity contribution in [1.82, 2.24) is 10.6 Å². The van der Waals surface area contributed by atoms with Crippen LogP contribution in [0, 0.1) is 5.41 Å². The van der Waals surface area contributed by atoms with Crippen LogP contribution >= 0.6 is 0 Å². The van der Waals surface area contributed by atoms with Crippen molar-refractivity contribution >= 4 is 17.8 Å². The van der Waals surface area contributed by atoms with E-state index in [2.05, 4.69) is 10.6 Å². The molecule has 0 bridgehead atoms. The van der Waals surface area contributed by atoms with Crippen LogP contribution in [0.15, 0.2) is 30.3 Å². The van der Waals surface area contributed by atoms with E-state index >= 15 is 0 Å². The van der Waals surface area contributed by atoms with Crippen LogP contribution in [-0.4, -0.2) is 35.0 Å². The van der Waals surface area contributed by atoms with Crippen molar-refractivity contribution in [3.63, 3.8) is 0 Å². The van der Waals surface area contributed by atoms with E-state index in [4.69, 9.17) is 10.8 Å². The normalized spacial score (nSPS) is 14.9. The van der Waals surface area contributed by atoms with E-state index in [9.17, 15) is 14.4 Å². The van der Waals surface area contributed by atoms with Gasteiger partial charge in [0.1, 0.15) is 6.04 Å². The molecule has 1 rings (SSSR count). The Morgan fingerprint density at radius 3 is 2.12 bits per heavy atom. The molecule has 0 saturated carbocycles. The van der Waals surface area contributed by atoms with Gasteiger partial charge in [-0.1, -0.05) is 51.1 Å². The van der Waals surface area contributed by atoms with Gasteiger partial charge in [0.2, 0.25) is 11.8 Å². The quantitative estimate of drug-likeness (QED) is 0.589. The van der Waals surface area contributed by atoms with Gasteiger partial charge in [-0.05, 0) is 17.9 Å². The van der Waals surface area contributed by atoms with Gasteiger partial charge in [0.15, 0.2) is 0 Å². The average Bonchev–Trinajstić information content (AvgIpc) is 2.51. The number of benzene rings is 1. The summed E-state index contributed by atoms with van der Waals surface area (Å²) in [6, 6.07) is 7.30. The number of amides is 2. The third-order valence-corrected chi connectivity index (χ3v) is 3.77. The van der Waals surface area contributed by atoms with E-state index in [1.807, 2.05) is 51.1 Å². The highest BCUT2D eigenvalue weighted by Gasteiger charge is 2.30. The molecule has 0 spiro atoms. The van der Waals surface area contributed by atoms with Crippen molar-refractivity contribution in [3.8, 4) is 0 Å². The number of nitrogens with two attached hydrogens (primary N) is 1. The highest BCUT2D eigenvalue weighted by atomic mass is 16.4. The topological polar surface area (TPSA) is 122 Å². The van der Waals surface area contributed by atoms with Crippen LogP contribution in [0.25, 0.3) is 0 Å². The fraction of sp³-hybridized carbons (Fsp3) is 0.500. The standard InChI is InChI=1S/C18H27N3O4/c1-11(20-17(25)13(19)10-14(22)23)16(24)21-15(18(2,3)4)12-8-6-5-7-9-12/h5-9,11,13,15H,10,19H2,1-4H3,(H,20,25)(H,21,24)(H,22,23)/t11-,13+,15-/m1/s1. The Hall–Kier alpha value is -2.41. The lowest BCUT2D eigenvalue weighted by Gasteiger charge is -2.33. The number of nitrogens with one attached hydrogen (secondary N) is 2. The molecule has 0 aliphatic carbocycles. The lowest BCUT2D eigenvalue weighted by Crippen LogP contribution is -2.52. The van der Waals surface area contributed by atoms with Crippen molar-refractivity contribution in [2.75, 3.05) is 0 Å². The van der Waals surface area contributed by atoms with Gasteiger partial charge in [0.05, 0.1) is 18.5 Å². The van der Waals surface area contributed by atoms with E-state index in [-0.39, 0.29) is 17.4 Å². The minimum Gasteiger partial charge on any atom is -0.481 e. The SMILES string of the molecule is C[C@@H](NC(=O)[C@@H](N)CC(=O)O)C(=O)N[C@H](c1ccccc1)C(C)(C)C. The molecule has 138 valence electrons. The number of hydrogen-bond donors (Lipinski definition) is 4. The Kier molecular flexibility index (Phi) is 7.11. The Morgan fingerprint density at radius 1 is 1.08 bits per heavy atom. The summed E-state index contributed by atoms with van der Waals surface area (Å²) in [5.41, 5.74) is 6.23. The van der Waals surface area contributed by atoms with Gasteiger partial charge in [0.25, 0.3) is 0 Å². The predicted molar refractivity (Wildman–Crippen MR) is 94.6 cm³/mol. The zero-order chi connectivity index (χ0) is 19.2. The number of hydrogen-bond acceptors (Lipinski definition) is 4. The van der Waals surface area contributed by atoms with E-state index in [1.165, 1.54) is 6.92 Å². The molecular formula is C18H27N3O4. The summed E-state index contributed by atoms with van der Waals surface area (Å²) in [4.78, 5) is 34.9. The van der Waals surface area contributed by atoms with Gasteiger partial charge >= 0.3 is 5.97 Å². The van der Waals surface area contributed by atoms with Gasteiger partial charge in [0, 0.05) is 0 Å². The second-order valence-electron chi connectivity index (χ2n) is 7.15. The van der Waals surface area contributed by atoms with Crippen LogP contribution in [0.3, 0.4) is 0 Å². The summed E-state index contributed by atoms with van der Waals surface area (Å²) in [7, 11) is 0. The maximum absolute atomic E-state index is 12.5. The number of carboxylic acids is 1. The van der Waals surface area contributed by atoms with Crippen LogP contribution in [0.1, 0.15) is 45.7 Å². The third-order valence-electron chi connectivity index (χ3n) is 3.77. The van der Waals surface area contributed by atoms with Gasteiger partial charge in [-0.25, -0.2) is 0 Å². The lowest BCUT2D eigenvalue weighted by atomic mass is 9.82. The zero-order valence-electron chi connectivity index (χ0n) is 15.1. The Morgan fingerprint density at radius 2 is 1.64 bits per heavy atom. The van der Waals surface area contributed by atoms with E-state index in [1.54, 1.807) is 0 Å². The summed E-state index contributed by atoms with van der Waals surface area (Å²) in [5.74, 6) is -2.20. The molecule has 7 nitrogen and oxygen atoms in total. The molecule has 0 fully saturated rings.